The number of aromatic nitrogens is 4. The van der Waals surface area contributed by atoms with E-state index < -0.39 is 30.5 Å². The van der Waals surface area contributed by atoms with Gasteiger partial charge >= 0.3 is 0 Å². The number of carbonyl (C=O) groups excluding carboxylic acids is 1. The smallest absolute Gasteiger partial charge is 0.238 e. The number of rotatable bonds is 10. The van der Waals surface area contributed by atoms with Crippen molar-refractivity contribution in [3.8, 4) is 0 Å². The highest BCUT2D eigenvalue weighted by Gasteiger charge is 2.46. The number of amides is 1. The number of nitrogens with two attached hydrogens (primary N) is 1. The van der Waals surface area contributed by atoms with Crippen LogP contribution in [0.4, 0.5) is 5.82 Å². The Morgan fingerprint density at radius 1 is 1.12 bits per heavy atom. The Hall–Kier alpha value is -3.22. The van der Waals surface area contributed by atoms with Gasteiger partial charge in [-0.05, 0) is 11.1 Å². The van der Waals surface area contributed by atoms with Crippen LogP contribution in [0.25, 0.3) is 11.2 Å². The molecule has 12 heteroatoms. The summed E-state index contributed by atoms with van der Waals surface area (Å²) in [7, 11) is 3.72. The highest BCUT2D eigenvalue weighted by Crippen LogP contribution is 2.36. The summed E-state index contributed by atoms with van der Waals surface area (Å²) in [5, 5.41) is 14.2. The molecule has 2 aromatic heterocycles. The first-order valence-electron chi connectivity index (χ1n) is 12.9. The van der Waals surface area contributed by atoms with Gasteiger partial charge in [0, 0.05) is 19.8 Å². The predicted octanol–water partition coefficient (Wildman–Crippen LogP) is 2.72. The number of hydrogen-bond acceptors (Lipinski definition) is 9. The number of nitrogens with zero attached hydrogens (tertiary/aromatic N) is 5. The number of benzene rings is 2. The van der Waals surface area contributed by atoms with Crippen LogP contribution in [0.1, 0.15) is 22.6 Å². The molecule has 0 saturated carbocycles. The average molecular weight is 582 g/mol. The van der Waals surface area contributed by atoms with E-state index >= 15 is 0 Å². The number of halogens is 1. The van der Waals surface area contributed by atoms with E-state index in [0.717, 1.165) is 11.1 Å². The van der Waals surface area contributed by atoms with Crippen molar-refractivity contribution in [3.63, 3.8) is 0 Å². The standard InChI is InChI=1S/C28H32ClN7O3S/c1-35(2)25-22-26(32-15-31-25)36(16-33-22)28-23(37)21(20(13-29)39-28)34-27(38)19(30)14-40-24(17-9-5-3-6-10-17)18-11-7-4-8-12-18/h3-12,15-16,19-21,23-24,28,37H,13-14,30H2,1-2H3,(H,34,38)/t19-,20+,21?,23-,28+/m0/s1. The molecular formula is C28H32ClN7O3S. The zero-order chi connectivity index (χ0) is 28.2. The summed E-state index contributed by atoms with van der Waals surface area (Å²) in [4.78, 5) is 28.1. The van der Waals surface area contributed by atoms with E-state index in [2.05, 4.69) is 44.5 Å². The molecule has 10 nitrogen and oxygen atoms in total. The van der Waals surface area contributed by atoms with Crippen molar-refractivity contribution in [1.82, 2.24) is 24.8 Å². The summed E-state index contributed by atoms with van der Waals surface area (Å²) in [6, 6.07) is 18.7. The Bertz CT molecular complexity index is 1390. The van der Waals surface area contributed by atoms with E-state index in [1.54, 1.807) is 22.7 Å². The molecule has 1 fully saturated rings. The van der Waals surface area contributed by atoms with Crippen LogP contribution in [0, 0.1) is 0 Å². The number of hydrogen-bond donors (Lipinski definition) is 3. The number of ether oxygens (including phenoxy) is 1. The maximum Gasteiger partial charge on any atom is 0.238 e. The van der Waals surface area contributed by atoms with Crippen LogP contribution in [0.3, 0.4) is 0 Å². The second kappa shape index (κ2) is 12.5. The fourth-order valence-corrected chi connectivity index (χ4v) is 6.34. The van der Waals surface area contributed by atoms with E-state index in [0.29, 0.717) is 22.7 Å². The molecular weight excluding hydrogens is 550 g/mol. The lowest BCUT2D eigenvalue weighted by molar-refractivity contribution is -0.123. The van der Waals surface area contributed by atoms with Gasteiger partial charge in [-0.15, -0.1) is 23.4 Å². The first kappa shape index (κ1) is 28.3. The third-order valence-electron chi connectivity index (χ3n) is 6.86. The molecule has 2 aromatic carbocycles. The molecule has 5 rings (SSSR count). The van der Waals surface area contributed by atoms with Crippen molar-refractivity contribution in [2.45, 2.75) is 35.8 Å². The zero-order valence-corrected chi connectivity index (χ0v) is 23.7. The molecule has 1 amide bonds. The maximum atomic E-state index is 13.2. The molecule has 0 radical (unpaired) electrons. The number of thioether (sulfide) groups is 1. The van der Waals surface area contributed by atoms with Crippen LogP contribution in [0.2, 0.25) is 0 Å². The Kier molecular flexibility index (Phi) is 8.87. The Morgan fingerprint density at radius 3 is 2.38 bits per heavy atom. The van der Waals surface area contributed by atoms with Crippen LogP contribution in [-0.2, 0) is 9.53 Å². The minimum Gasteiger partial charge on any atom is -0.386 e. The second-order valence-corrected chi connectivity index (χ2v) is 11.2. The molecule has 210 valence electrons. The van der Waals surface area contributed by atoms with Gasteiger partial charge in [-0.2, -0.15) is 0 Å². The fourth-order valence-electron chi connectivity index (χ4n) is 4.82. The summed E-state index contributed by atoms with van der Waals surface area (Å²) in [6.07, 6.45) is 0.383. The van der Waals surface area contributed by atoms with E-state index in [1.165, 1.54) is 6.33 Å². The first-order valence-corrected chi connectivity index (χ1v) is 14.5. The van der Waals surface area contributed by atoms with Crippen LogP contribution in [-0.4, -0.2) is 80.6 Å². The lowest BCUT2D eigenvalue weighted by atomic mass is 10.0. The number of nitrogens with one attached hydrogen (secondary N) is 1. The summed E-state index contributed by atoms with van der Waals surface area (Å²) in [6.45, 7) is 0. The maximum absolute atomic E-state index is 13.2. The van der Waals surface area contributed by atoms with Crippen LogP contribution in [0.15, 0.2) is 73.3 Å². The molecule has 1 aliphatic heterocycles. The third kappa shape index (κ3) is 5.79. The highest BCUT2D eigenvalue weighted by atomic mass is 35.5. The first-order chi connectivity index (χ1) is 19.4. The lowest BCUT2D eigenvalue weighted by Gasteiger charge is -2.24. The molecule has 3 heterocycles. The molecule has 5 atom stereocenters. The number of anilines is 1. The van der Waals surface area contributed by atoms with Crippen molar-refractivity contribution in [2.24, 2.45) is 5.73 Å². The number of aliphatic hydroxyl groups is 1. The third-order valence-corrected chi connectivity index (χ3v) is 8.59. The number of carbonyl (C=O) groups is 1. The van der Waals surface area contributed by atoms with Gasteiger partial charge in [-0.3, -0.25) is 9.36 Å². The van der Waals surface area contributed by atoms with Crippen molar-refractivity contribution < 1.29 is 14.6 Å². The van der Waals surface area contributed by atoms with Gasteiger partial charge < -0.3 is 25.8 Å². The van der Waals surface area contributed by atoms with Gasteiger partial charge in [0.1, 0.15) is 12.4 Å². The molecule has 1 saturated heterocycles. The van der Waals surface area contributed by atoms with E-state index in [9.17, 15) is 9.90 Å². The predicted molar refractivity (Wildman–Crippen MR) is 157 cm³/mol. The Balaban J connectivity index is 1.28. The molecule has 0 aliphatic carbocycles. The summed E-state index contributed by atoms with van der Waals surface area (Å²) in [5.74, 6) is 0.693. The largest absolute Gasteiger partial charge is 0.386 e. The second-order valence-electron chi connectivity index (χ2n) is 9.80. The molecule has 4 aromatic rings. The highest BCUT2D eigenvalue weighted by molar-refractivity contribution is 7.99. The van der Waals surface area contributed by atoms with Crippen LogP contribution < -0.4 is 16.0 Å². The normalized spacial score (nSPS) is 21.6. The van der Waals surface area contributed by atoms with Gasteiger partial charge in [0.05, 0.1) is 35.6 Å². The Morgan fingerprint density at radius 2 is 1.77 bits per heavy atom. The minimum absolute atomic E-state index is 0.0187. The summed E-state index contributed by atoms with van der Waals surface area (Å²) >= 11 is 7.80. The van der Waals surface area contributed by atoms with Crippen LogP contribution in [0.5, 0.6) is 0 Å². The van der Waals surface area contributed by atoms with Crippen molar-refractivity contribution in [2.75, 3.05) is 30.6 Å². The van der Waals surface area contributed by atoms with E-state index in [4.69, 9.17) is 22.1 Å². The molecule has 1 aliphatic rings. The molecule has 1 unspecified atom stereocenters. The van der Waals surface area contributed by atoms with Gasteiger partial charge in [0.15, 0.2) is 23.2 Å². The van der Waals surface area contributed by atoms with E-state index in [-0.39, 0.29) is 17.0 Å². The number of imidazole rings is 1. The number of alkyl halides is 1. The molecule has 4 N–H and O–H groups in total. The quantitative estimate of drug-likeness (QED) is 0.242. The minimum atomic E-state index is -1.11. The summed E-state index contributed by atoms with van der Waals surface area (Å²) < 4.78 is 7.73. The van der Waals surface area contributed by atoms with Gasteiger partial charge in [-0.1, -0.05) is 60.7 Å². The molecule has 40 heavy (non-hydrogen) atoms. The van der Waals surface area contributed by atoms with Gasteiger partial charge in [-0.25, -0.2) is 15.0 Å². The zero-order valence-electron chi connectivity index (χ0n) is 22.2. The number of aliphatic hydroxyl groups excluding tert-OH is 1. The van der Waals surface area contributed by atoms with Crippen molar-refractivity contribution in [1.29, 1.82) is 0 Å². The van der Waals surface area contributed by atoms with Crippen molar-refractivity contribution >= 4 is 46.3 Å². The van der Waals surface area contributed by atoms with Gasteiger partial charge in [0.25, 0.3) is 0 Å². The summed E-state index contributed by atoms with van der Waals surface area (Å²) in [5.41, 5.74) is 9.69. The monoisotopic (exact) mass is 581 g/mol. The topological polar surface area (TPSA) is 131 Å². The van der Waals surface area contributed by atoms with Gasteiger partial charge in [0.2, 0.25) is 5.91 Å². The average Bonchev–Trinajstić information content (AvgIpc) is 3.54. The fraction of sp³-hybridized carbons (Fsp3) is 0.357. The lowest BCUT2D eigenvalue weighted by Crippen LogP contribution is -2.53. The number of fused-ring (bicyclic) bond motifs is 1. The van der Waals surface area contributed by atoms with E-state index in [1.807, 2.05) is 55.4 Å². The SMILES string of the molecule is CN(C)c1ncnc2c1ncn2[C@@H]1O[C@H](CCl)C(NC(=O)[C@@H](N)CSC(c2ccccc2)c2ccccc2)[C@@H]1O. The Labute approximate surface area is 241 Å². The van der Waals surface area contributed by atoms with Crippen molar-refractivity contribution in [3.05, 3.63) is 84.4 Å². The molecule has 0 spiro atoms. The van der Waals surface area contributed by atoms with Crippen LogP contribution >= 0.6 is 23.4 Å². The molecule has 0 bridgehead atoms.